The van der Waals surface area contributed by atoms with Crippen LogP contribution >= 0.6 is 0 Å². The number of rotatable bonds is 6. The predicted molar refractivity (Wildman–Crippen MR) is 115 cm³/mol. The molecule has 0 unspecified atom stereocenters. The summed E-state index contributed by atoms with van der Waals surface area (Å²) < 4.78 is 10.2. The maximum absolute atomic E-state index is 10.1. The Morgan fingerprint density at radius 1 is 0.552 bits per heavy atom. The van der Waals surface area contributed by atoms with Gasteiger partial charge in [0.2, 0.25) is 0 Å². The lowest BCUT2D eigenvalue weighted by molar-refractivity contribution is 0.373. The van der Waals surface area contributed by atoms with Gasteiger partial charge in [-0.2, -0.15) is 0 Å². The van der Waals surface area contributed by atoms with Crippen LogP contribution < -0.4 is 9.47 Å². The second-order valence-electron chi connectivity index (χ2n) is 6.39. The monoisotopic (exact) mass is 390 g/mol. The first-order valence-corrected chi connectivity index (χ1v) is 8.93. The molecule has 0 radical (unpaired) electrons. The summed E-state index contributed by atoms with van der Waals surface area (Å²) in [6.07, 6.45) is 7.48. The summed E-state index contributed by atoms with van der Waals surface area (Å²) >= 11 is 0. The number of phenolic OH excluding ortho intramolecular Hbond substituents is 3. The van der Waals surface area contributed by atoms with Crippen molar-refractivity contribution in [2.75, 3.05) is 14.2 Å². The van der Waals surface area contributed by atoms with Crippen LogP contribution in [0.3, 0.4) is 0 Å². The van der Waals surface area contributed by atoms with E-state index in [4.69, 9.17) is 9.47 Å². The fraction of sp³-hybridized carbons (Fsp3) is 0.0833. The quantitative estimate of drug-likeness (QED) is 0.507. The molecule has 0 fully saturated rings. The molecule has 0 amide bonds. The summed E-state index contributed by atoms with van der Waals surface area (Å²) in [5.74, 6) is 1.12. The van der Waals surface area contributed by atoms with Gasteiger partial charge in [0.1, 0.15) is 5.75 Å². The van der Waals surface area contributed by atoms with E-state index < -0.39 is 0 Å². The maximum atomic E-state index is 10.1. The van der Waals surface area contributed by atoms with Crippen molar-refractivity contribution in [2.45, 2.75) is 0 Å². The molecule has 5 heteroatoms. The van der Waals surface area contributed by atoms with Gasteiger partial charge >= 0.3 is 0 Å². The molecule has 0 heterocycles. The summed E-state index contributed by atoms with van der Waals surface area (Å²) in [7, 11) is 3.00. The van der Waals surface area contributed by atoms with Gasteiger partial charge in [-0.3, -0.25) is 0 Å². The summed E-state index contributed by atoms with van der Waals surface area (Å²) in [4.78, 5) is 0. The standard InChI is InChI=1S/C24H22O5/c1-28-23-14-16(7-9-21(23)26)3-5-18-11-19(13-20(25)12-18)6-4-17-8-10-22(27)24(15-17)29-2/h3-15,25-27H,1-2H3/b5-3+,6-4+. The van der Waals surface area contributed by atoms with E-state index in [2.05, 4.69) is 0 Å². The zero-order chi connectivity index (χ0) is 20.8. The molecule has 29 heavy (non-hydrogen) atoms. The minimum Gasteiger partial charge on any atom is -0.508 e. The lowest BCUT2D eigenvalue weighted by atomic mass is 10.1. The molecule has 148 valence electrons. The lowest BCUT2D eigenvalue weighted by Gasteiger charge is -2.05. The fourth-order valence-electron chi connectivity index (χ4n) is 2.83. The molecule has 3 N–H and O–H groups in total. The number of ether oxygens (including phenoxy) is 2. The fourth-order valence-corrected chi connectivity index (χ4v) is 2.83. The van der Waals surface area contributed by atoms with Crippen LogP contribution in [0.2, 0.25) is 0 Å². The van der Waals surface area contributed by atoms with Gasteiger partial charge in [-0.05, 0) is 64.7 Å². The largest absolute Gasteiger partial charge is 0.508 e. The van der Waals surface area contributed by atoms with E-state index >= 15 is 0 Å². The molecule has 0 aliphatic carbocycles. The van der Waals surface area contributed by atoms with Crippen molar-refractivity contribution in [1.29, 1.82) is 0 Å². The van der Waals surface area contributed by atoms with Crippen molar-refractivity contribution < 1.29 is 24.8 Å². The number of phenols is 3. The highest BCUT2D eigenvalue weighted by atomic mass is 16.5. The number of hydrogen-bond donors (Lipinski definition) is 3. The van der Waals surface area contributed by atoms with E-state index in [0.29, 0.717) is 11.5 Å². The van der Waals surface area contributed by atoms with Crippen LogP contribution in [0, 0.1) is 0 Å². The molecule has 0 saturated carbocycles. The maximum Gasteiger partial charge on any atom is 0.161 e. The first kappa shape index (κ1) is 19.9. The average molecular weight is 390 g/mol. The van der Waals surface area contributed by atoms with Crippen molar-refractivity contribution in [3.63, 3.8) is 0 Å². The third kappa shape index (κ3) is 5.11. The Labute approximate surface area is 169 Å². The van der Waals surface area contributed by atoms with Gasteiger partial charge in [0.15, 0.2) is 23.0 Å². The number of benzene rings is 3. The second-order valence-corrected chi connectivity index (χ2v) is 6.39. The highest BCUT2D eigenvalue weighted by molar-refractivity contribution is 5.76. The van der Waals surface area contributed by atoms with Crippen molar-refractivity contribution in [2.24, 2.45) is 0 Å². The van der Waals surface area contributed by atoms with Crippen LogP contribution in [0.4, 0.5) is 0 Å². The molecular weight excluding hydrogens is 368 g/mol. The molecule has 3 rings (SSSR count). The summed E-state index contributed by atoms with van der Waals surface area (Å²) in [5, 5.41) is 29.4. The van der Waals surface area contributed by atoms with Gasteiger partial charge in [-0.15, -0.1) is 0 Å². The van der Waals surface area contributed by atoms with E-state index in [1.807, 2.05) is 30.4 Å². The second kappa shape index (κ2) is 8.89. The zero-order valence-corrected chi connectivity index (χ0v) is 16.2. The Bertz CT molecular complexity index is 985. The van der Waals surface area contributed by atoms with Crippen molar-refractivity contribution in [3.05, 3.63) is 76.9 Å². The summed E-state index contributed by atoms with van der Waals surface area (Å²) in [5.41, 5.74) is 3.35. The van der Waals surface area contributed by atoms with Gasteiger partial charge in [-0.1, -0.05) is 36.4 Å². The van der Waals surface area contributed by atoms with Crippen molar-refractivity contribution in [3.8, 4) is 28.7 Å². The van der Waals surface area contributed by atoms with Crippen LogP contribution in [0.25, 0.3) is 24.3 Å². The van der Waals surface area contributed by atoms with Gasteiger partial charge in [0.05, 0.1) is 14.2 Å². The third-order valence-corrected chi connectivity index (χ3v) is 4.31. The highest BCUT2D eigenvalue weighted by Gasteiger charge is 2.02. The van der Waals surface area contributed by atoms with Gasteiger partial charge in [-0.25, -0.2) is 0 Å². The third-order valence-electron chi connectivity index (χ3n) is 4.31. The SMILES string of the molecule is COc1cc(/C=C/c2cc(O)cc(/C=C/c3ccc(O)c(OC)c3)c2)ccc1O. The van der Waals surface area contributed by atoms with Gasteiger partial charge in [0.25, 0.3) is 0 Å². The topological polar surface area (TPSA) is 79.2 Å². The minimum absolute atomic E-state index is 0.0836. The number of aromatic hydroxyl groups is 3. The number of methoxy groups -OCH3 is 2. The van der Waals surface area contributed by atoms with E-state index in [0.717, 1.165) is 22.3 Å². The Morgan fingerprint density at radius 3 is 1.38 bits per heavy atom. The van der Waals surface area contributed by atoms with Crippen LogP contribution in [-0.4, -0.2) is 29.5 Å². The van der Waals surface area contributed by atoms with E-state index in [-0.39, 0.29) is 17.2 Å². The highest BCUT2D eigenvalue weighted by Crippen LogP contribution is 2.29. The molecule has 0 aliphatic heterocycles. The Balaban J connectivity index is 1.83. The van der Waals surface area contributed by atoms with Crippen LogP contribution in [0.1, 0.15) is 22.3 Å². The molecule has 0 aromatic heterocycles. The summed E-state index contributed by atoms with van der Waals surface area (Å²) in [6, 6.07) is 15.4. The molecule has 0 saturated heterocycles. The summed E-state index contributed by atoms with van der Waals surface area (Å²) in [6.45, 7) is 0. The molecule has 0 aliphatic rings. The van der Waals surface area contributed by atoms with Crippen LogP contribution in [0.5, 0.6) is 28.7 Å². The van der Waals surface area contributed by atoms with Crippen LogP contribution in [0.15, 0.2) is 54.6 Å². The Morgan fingerprint density at radius 2 is 0.966 bits per heavy atom. The Kier molecular flexibility index (Phi) is 6.09. The number of hydrogen-bond acceptors (Lipinski definition) is 5. The smallest absolute Gasteiger partial charge is 0.161 e. The van der Waals surface area contributed by atoms with Gasteiger partial charge < -0.3 is 24.8 Å². The molecule has 0 bridgehead atoms. The van der Waals surface area contributed by atoms with E-state index in [1.54, 1.807) is 48.5 Å². The predicted octanol–water partition coefficient (Wildman–Crippen LogP) is 5.16. The van der Waals surface area contributed by atoms with Crippen LogP contribution in [-0.2, 0) is 0 Å². The first-order valence-electron chi connectivity index (χ1n) is 8.93. The lowest BCUT2D eigenvalue weighted by Crippen LogP contribution is -1.84. The molecular formula is C24H22O5. The van der Waals surface area contributed by atoms with E-state index in [1.165, 1.54) is 14.2 Å². The molecule has 3 aromatic rings. The molecule has 3 aromatic carbocycles. The minimum atomic E-state index is 0.0836. The van der Waals surface area contributed by atoms with E-state index in [9.17, 15) is 15.3 Å². The normalized spacial score (nSPS) is 11.2. The Hall–Kier alpha value is -3.86. The van der Waals surface area contributed by atoms with Crippen molar-refractivity contribution in [1.82, 2.24) is 0 Å². The first-order chi connectivity index (χ1) is 14.0. The average Bonchev–Trinajstić information content (AvgIpc) is 2.72. The zero-order valence-electron chi connectivity index (χ0n) is 16.2. The molecule has 0 atom stereocenters. The van der Waals surface area contributed by atoms with Gasteiger partial charge in [0, 0.05) is 0 Å². The molecule has 5 nitrogen and oxygen atoms in total. The van der Waals surface area contributed by atoms with Crippen molar-refractivity contribution >= 4 is 24.3 Å². The molecule has 0 spiro atoms.